The van der Waals surface area contributed by atoms with Gasteiger partial charge in [-0.3, -0.25) is 0 Å². The van der Waals surface area contributed by atoms with Crippen molar-refractivity contribution in [3.63, 3.8) is 0 Å². The van der Waals surface area contributed by atoms with Gasteiger partial charge in [0, 0.05) is 7.05 Å². The molecule has 28 heavy (non-hydrogen) atoms. The molecule has 0 unspecified atom stereocenters. The Morgan fingerprint density at radius 2 is 1.71 bits per heavy atom. The topological polar surface area (TPSA) is 56.5 Å². The lowest BCUT2D eigenvalue weighted by atomic mass is 10.1. The summed E-state index contributed by atoms with van der Waals surface area (Å²) in [4.78, 5) is 4.58. The molecule has 0 aliphatic carbocycles. The molecule has 4 rings (SSSR count). The number of para-hydroxylation sites is 2. The summed E-state index contributed by atoms with van der Waals surface area (Å²) >= 11 is 0. The highest BCUT2D eigenvalue weighted by Crippen LogP contribution is 2.33. The van der Waals surface area contributed by atoms with E-state index in [9.17, 15) is 5.11 Å². The van der Waals surface area contributed by atoms with E-state index < -0.39 is 6.10 Å². The van der Waals surface area contributed by atoms with Crippen LogP contribution < -0.4 is 9.47 Å². The summed E-state index contributed by atoms with van der Waals surface area (Å²) in [7, 11) is 3.50. The van der Waals surface area contributed by atoms with Crippen molar-refractivity contribution in [2.45, 2.75) is 12.7 Å². The molecule has 0 bridgehead atoms. The highest BCUT2D eigenvalue weighted by atomic mass is 16.5. The van der Waals surface area contributed by atoms with Crippen molar-refractivity contribution >= 4 is 11.0 Å². The van der Waals surface area contributed by atoms with E-state index in [1.165, 1.54) is 0 Å². The molecule has 0 aliphatic rings. The Balaban J connectivity index is 1.60. The Labute approximate surface area is 163 Å². The Bertz CT molecular complexity index is 1090. The fourth-order valence-corrected chi connectivity index (χ4v) is 3.27. The number of benzene rings is 3. The summed E-state index contributed by atoms with van der Waals surface area (Å²) in [6.45, 7) is 0.448. The first-order valence-corrected chi connectivity index (χ1v) is 9.11. The number of imidazole rings is 1. The Hall–Kier alpha value is -3.31. The lowest BCUT2D eigenvalue weighted by Gasteiger charge is -2.15. The molecule has 5 heteroatoms. The van der Waals surface area contributed by atoms with Gasteiger partial charge in [0.15, 0.2) is 11.5 Å². The average molecular weight is 374 g/mol. The van der Waals surface area contributed by atoms with Gasteiger partial charge in [-0.15, -0.1) is 0 Å². The summed E-state index contributed by atoms with van der Waals surface area (Å²) in [5.74, 6) is 1.79. The molecule has 1 N–H and O–H groups in total. The van der Waals surface area contributed by atoms with E-state index in [0.29, 0.717) is 29.5 Å². The minimum atomic E-state index is -0.866. The number of rotatable bonds is 6. The van der Waals surface area contributed by atoms with Crippen LogP contribution in [0.15, 0.2) is 72.8 Å². The van der Waals surface area contributed by atoms with E-state index in [1.54, 1.807) is 13.2 Å². The molecule has 1 atom stereocenters. The zero-order valence-electron chi connectivity index (χ0n) is 15.9. The number of aliphatic hydroxyl groups excluding tert-OH is 1. The number of methoxy groups -OCH3 is 1. The Morgan fingerprint density at radius 1 is 0.964 bits per heavy atom. The molecule has 0 spiro atoms. The van der Waals surface area contributed by atoms with Crippen LogP contribution in [0.1, 0.15) is 23.1 Å². The van der Waals surface area contributed by atoms with Crippen LogP contribution in [0.3, 0.4) is 0 Å². The van der Waals surface area contributed by atoms with Gasteiger partial charge in [0.05, 0.1) is 18.1 Å². The van der Waals surface area contributed by atoms with E-state index in [4.69, 9.17) is 9.47 Å². The van der Waals surface area contributed by atoms with E-state index in [2.05, 4.69) is 4.98 Å². The minimum absolute atomic E-state index is 0.448. The maximum absolute atomic E-state index is 10.9. The van der Waals surface area contributed by atoms with Crippen molar-refractivity contribution < 1.29 is 14.6 Å². The van der Waals surface area contributed by atoms with Crippen LogP contribution in [0.4, 0.5) is 0 Å². The molecule has 142 valence electrons. The monoisotopic (exact) mass is 374 g/mol. The third-order valence-electron chi connectivity index (χ3n) is 4.81. The normalized spacial score (nSPS) is 12.1. The predicted octanol–water partition coefficient (Wildman–Crippen LogP) is 4.24. The van der Waals surface area contributed by atoms with Crippen LogP contribution in [-0.2, 0) is 13.7 Å². The van der Waals surface area contributed by atoms with Gasteiger partial charge in [0.2, 0.25) is 0 Å². The average Bonchev–Trinajstić information content (AvgIpc) is 3.09. The second-order valence-corrected chi connectivity index (χ2v) is 6.60. The number of fused-ring (bicyclic) bond motifs is 1. The SMILES string of the molecule is COc1cc([C@H](O)c2nc3ccccc3n2C)ccc1OCc1ccccc1. The third-order valence-corrected chi connectivity index (χ3v) is 4.81. The van der Waals surface area contributed by atoms with Crippen LogP contribution in [0.5, 0.6) is 11.5 Å². The molecule has 3 aromatic carbocycles. The molecule has 0 amide bonds. The smallest absolute Gasteiger partial charge is 0.161 e. The fourth-order valence-electron chi connectivity index (χ4n) is 3.27. The number of hydrogen-bond donors (Lipinski definition) is 1. The molecular formula is C23H22N2O3. The van der Waals surface area contributed by atoms with Crippen molar-refractivity contribution in [3.8, 4) is 11.5 Å². The van der Waals surface area contributed by atoms with Crippen LogP contribution in [0.2, 0.25) is 0 Å². The van der Waals surface area contributed by atoms with Crippen molar-refractivity contribution in [3.05, 3.63) is 89.7 Å². The van der Waals surface area contributed by atoms with Gasteiger partial charge < -0.3 is 19.1 Å². The van der Waals surface area contributed by atoms with Crippen LogP contribution in [0.25, 0.3) is 11.0 Å². The maximum Gasteiger partial charge on any atom is 0.161 e. The molecule has 1 aromatic heterocycles. The highest BCUT2D eigenvalue weighted by Gasteiger charge is 2.19. The first-order valence-electron chi connectivity index (χ1n) is 9.11. The van der Waals surface area contributed by atoms with Crippen molar-refractivity contribution in [1.82, 2.24) is 9.55 Å². The number of aliphatic hydroxyl groups is 1. The molecule has 4 aromatic rings. The molecule has 0 radical (unpaired) electrons. The van der Waals surface area contributed by atoms with Crippen LogP contribution in [-0.4, -0.2) is 21.8 Å². The number of aromatic nitrogens is 2. The zero-order chi connectivity index (χ0) is 19.5. The first-order chi connectivity index (χ1) is 13.7. The molecule has 0 fully saturated rings. The summed E-state index contributed by atoms with van der Waals surface area (Å²) in [6.07, 6.45) is -0.866. The molecule has 0 saturated carbocycles. The Morgan fingerprint density at radius 3 is 2.46 bits per heavy atom. The minimum Gasteiger partial charge on any atom is -0.493 e. The summed E-state index contributed by atoms with van der Waals surface area (Å²) < 4.78 is 13.3. The van der Waals surface area contributed by atoms with Gasteiger partial charge in [0.25, 0.3) is 0 Å². The van der Waals surface area contributed by atoms with Gasteiger partial charge in [-0.2, -0.15) is 0 Å². The van der Waals surface area contributed by atoms with E-state index >= 15 is 0 Å². The fraction of sp³-hybridized carbons (Fsp3) is 0.174. The third kappa shape index (κ3) is 3.44. The quantitative estimate of drug-likeness (QED) is 0.548. The highest BCUT2D eigenvalue weighted by molar-refractivity contribution is 5.76. The predicted molar refractivity (Wildman–Crippen MR) is 109 cm³/mol. The van der Waals surface area contributed by atoms with E-state index in [1.807, 2.05) is 78.3 Å². The summed E-state index contributed by atoms with van der Waals surface area (Å²) in [5, 5.41) is 10.9. The molecular weight excluding hydrogens is 352 g/mol. The van der Waals surface area contributed by atoms with E-state index in [-0.39, 0.29) is 0 Å². The Kier molecular flexibility index (Phi) is 5.00. The van der Waals surface area contributed by atoms with Gasteiger partial charge >= 0.3 is 0 Å². The number of nitrogens with zero attached hydrogens (tertiary/aromatic N) is 2. The molecule has 0 aliphatic heterocycles. The molecule has 1 heterocycles. The second-order valence-electron chi connectivity index (χ2n) is 6.60. The number of ether oxygens (including phenoxy) is 2. The molecule has 5 nitrogen and oxygen atoms in total. The maximum atomic E-state index is 10.9. The zero-order valence-corrected chi connectivity index (χ0v) is 15.9. The van der Waals surface area contributed by atoms with Gasteiger partial charge in [-0.25, -0.2) is 4.98 Å². The second kappa shape index (κ2) is 7.74. The largest absolute Gasteiger partial charge is 0.493 e. The van der Waals surface area contributed by atoms with Crippen molar-refractivity contribution in [2.24, 2.45) is 7.05 Å². The standard InChI is InChI=1S/C23H22N2O3/c1-25-19-11-7-6-10-18(19)24-23(25)22(26)17-12-13-20(21(14-17)27-2)28-15-16-8-4-3-5-9-16/h3-14,22,26H,15H2,1-2H3/t22-/m0/s1. The van der Waals surface area contributed by atoms with Crippen LogP contribution >= 0.6 is 0 Å². The molecule has 0 saturated heterocycles. The van der Waals surface area contributed by atoms with Gasteiger partial charge in [0.1, 0.15) is 18.5 Å². The summed E-state index contributed by atoms with van der Waals surface area (Å²) in [5.41, 5.74) is 3.61. The van der Waals surface area contributed by atoms with Gasteiger partial charge in [-0.05, 0) is 35.4 Å². The van der Waals surface area contributed by atoms with E-state index in [0.717, 1.165) is 16.6 Å². The van der Waals surface area contributed by atoms with Gasteiger partial charge in [-0.1, -0.05) is 48.5 Å². The summed E-state index contributed by atoms with van der Waals surface area (Å²) in [6, 6.07) is 23.2. The number of aryl methyl sites for hydroxylation is 1. The lowest BCUT2D eigenvalue weighted by molar-refractivity contribution is 0.206. The van der Waals surface area contributed by atoms with Crippen molar-refractivity contribution in [2.75, 3.05) is 7.11 Å². The van der Waals surface area contributed by atoms with Crippen molar-refractivity contribution in [1.29, 1.82) is 0 Å². The first kappa shape index (κ1) is 18.1. The lowest BCUT2D eigenvalue weighted by Crippen LogP contribution is -2.08. The van der Waals surface area contributed by atoms with Crippen LogP contribution in [0, 0.1) is 0 Å². The number of hydrogen-bond acceptors (Lipinski definition) is 4.